The summed E-state index contributed by atoms with van der Waals surface area (Å²) in [5, 5.41) is 0. The van der Waals surface area contributed by atoms with Crippen molar-refractivity contribution >= 4 is 5.82 Å². The molecule has 0 N–H and O–H groups in total. The standard InChI is InChI=1S/C13H19N2/c1-3-12-6-8-15(9-7-12)13-5-4-11(2)10-14-13/h4-5,10,12H,1,3,6-9H2,2H3. The lowest BCUT2D eigenvalue weighted by molar-refractivity contribution is 0.407. The molecule has 0 aromatic carbocycles. The number of aromatic nitrogens is 1. The quantitative estimate of drug-likeness (QED) is 0.734. The number of rotatable bonds is 2. The zero-order valence-electron chi connectivity index (χ0n) is 9.45. The van der Waals surface area contributed by atoms with E-state index in [0.29, 0.717) is 0 Å². The Hall–Kier alpha value is -1.05. The van der Waals surface area contributed by atoms with E-state index >= 15 is 0 Å². The number of hydrogen-bond donors (Lipinski definition) is 0. The summed E-state index contributed by atoms with van der Waals surface area (Å²) in [6.45, 7) is 8.33. The molecule has 0 unspecified atom stereocenters. The second-order valence-corrected chi connectivity index (χ2v) is 4.41. The van der Waals surface area contributed by atoms with E-state index in [-0.39, 0.29) is 0 Å². The molecule has 0 atom stereocenters. The molecule has 0 spiro atoms. The third kappa shape index (κ3) is 2.49. The van der Waals surface area contributed by atoms with Crippen molar-refractivity contribution in [1.82, 2.24) is 4.98 Å². The van der Waals surface area contributed by atoms with Crippen LogP contribution in [0.2, 0.25) is 0 Å². The van der Waals surface area contributed by atoms with Crippen LogP contribution in [-0.4, -0.2) is 18.1 Å². The number of anilines is 1. The molecule has 1 saturated heterocycles. The van der Waals surface area contributed by atoms with E-state index in [0.717, 1.165) is 31.2 Å². The lowest BCUT2D eigenvalue weighted by Gasteiger charge is -2.32. The van der Waals surface area contributed by atoms with Crippen LogP contribution in [0.4, 0.5) is 5.82 Å². The first-order chi connectivity index (χ1) is 7.29. The summed E-state index contributed by atoms with van der Waals surface area (Å²) >= 11 is 0. The molecule has 0 saturated carbocycles. The fraction of sp³-hybridized carbons (Fsp3) is 0.538. The largest absolute Gasteiger partial charge is 0.357 e. The average molecular weight is 203 g/mol. The third-order valence-electron chi connectivity index (χ3n) is 3.24. The molecule has 15 heavy (non-hydrogen) atoms. The number of aryl methyl sites for hydroxylation is 1. The van der Waals surface area contributed by atoms with Gasteiger partial charge in [-0.05, 0) is 37.3 Å². The molecule has 81 valence electrons. The van der Waals surface area contributed by atoms with E-state index in [2.05, 4.69) is 35.9 Å². The third-order valence-corrected chi connectivity index (χ3v) is 3.24. The Morgan fingerprint density at radius 3 is 2.67 bits per heavy atom. The molecule has 1 radical (unpaired) electrons. The fourth-order valence-corrected chi connectivity index (χ4v) is 2.10. The highest BCUT2D eigenvalue weighted by Crippen LogP contribution is 2.23. The van der Waals surface area contributed by atoms with Gasteiger partial charge in [0.2, 0.25) is 0 Å². The second-order valence-electron chi connectivity index (χ2n) is 4.41. The molecule has 2 rings (SSSR count). The second kappa shape index (κ2) is 4.65. The van der Waals surface area contributed by atoms with Gasteiger partial charge in [-0.3, -0.25) is 0 Å². The summed E-state index contributed by atoms with van der Waals surface area (Å²) < 4.78 is 0. The van der Waals surface area contributed by atoms with Gasteiger partial charge in [0.15, 0.2) is 0 Å². The van der Waals surface area contributed by atoms with Gasteiger partial charge < -0.3 is 4.90 Å². The molecule has 0 amide bonds. The maximum Gasteiger partial charge on any atom is 0.128 e. The number of piperidine rings is 1. The minimum Gasteiger partial charge on any atom is -0.357 e. The average Bonchev–Trinajstić information content (AvgIpc) is 2.30. The van der Waals surface area contributed by atoms with Gasteiger partial charge in [0.25, 0.3) is 0 Å². The summed E-state index contributed by atoms with van der Waals surface area (Å²) in [5.74, 6) is 1.95. The van der Waals surface area contributed by atoms with E-state index in [1.807, 2.05) is 6.20 Å². The summed E-state index contributed by atoms with van der Waals surface area (Å²) in [5.41, 5.74) is 1.23. The van der Waals surface area contributed by atoms with Crippen LogP contribution in [0.5, 0.6) is 0 Å². The van der Waals surface area contributed by atoms with Crippen LogP contribution in [0.1, 0.15) is 24.8 Å². The molecule has 1 aromatic rings. The van der Waals surface area contributed by atoms with Crippen molar-refractivity contribution in [3.63, 3.8) is 0 Å². The first-order valence-electron chi connectivity index (χ1n) is 5.76. The molecule has 0 bridgehead atoms. The van der Waals surface area contributed by atoms with Crippen molar-refractivity contribution in [2.24, 2.45) is 5.92 Å². The smallest absolute Gasteiger partial charge is 0.128 e. The number of hydrogen-bond acceptors (Lipinski definition) is 2. The Labute approximate surface area is 92.3 Å². The van der Waals surface area contributed by atoms with Crippen LogP contribution in [-0.2, 0) is 0 Å². The van der Waals surface area contributed by atoms with Crippen LogP contribution >= 0.6 is 0 Å². The molecule has 1 aliphatic rings. The number of pyridine rings is 1. The molecule has 1 aliphatic heterocycles. The molecule has 2 heteroatoms. The molecule has 0 aliphatic carbocycles. The Morgan fingerprint density at radius 1 is 1.40 bits per heavy atom. The highest BCUT2D eigenvalue weighted by molar-refractivity contribution is 5.39. The SMILES string of the molecule is [CH2]CC1CCN(c2ccc(C)cn2)CC1. The van der Waals surface area contributed by atoms with Gasteiger partial charge in [0, 0.05) is 19.3 Å². The molecule has 2 nitrogen and oxygen atoms in total. The van der Waals surface area contributed by atoms with E-state index in [1.54, 1.807) is 0 Å². The Balaban J connectivity index is 1.98. The first kappa shape index (κ1) is 10.5. The van der Waals surface area contributed by atoms with Crippen LogP contribution in [0.25, 0.3) is 0 Å². The Morgan fingerprint density at radius 2 is 2.13 bits per heavy atom. The van der Waals surface area contributed by atoms with Crippen LogP contribution < -0.4 is 4.90 Å². The lowest BCUT2D eigenvalue weighted by Crippen LogP contribution is -2.33. The maximum atomic E-state index is 4.46. The maximum absolute atomic E-state index is 4.46. The van der Waals surface area contributed by atoms with Crippen molar-refractivity contribution in [2.75, 3.05) is 18.0 Å². The van der Waals surface area contributed by atoms with Crippen molar-refractivity contribution in [3.05, 3.63) is 30.8 Å². The molecular weight excluding hydrogens is 184 g/mol. The zero-order valence-corrected chi connectivity index (χ0v) is 9.45. The minimum absolute atomic E-state index is 0.826. The van der Waals surface area contributed by atoms with Crippen LogP contribution in [0.3, 0.4) is 0 Å². The predicted molar refractivity (Wildman–Crippen MR) is 63.9 cm³/mol. The summed E-state index contributed by atoms with van der Waals surface area (Å²) in [6, 6.07) is 4.26. The van der Waals surface area contributed by atoms with Crippen LogP contribution in [0.15, 0.2) is 18.3 Å². The van der Waals surface area contributed by atoms with Crippen molar-refractivity contribution < 1.29 is 0 Å². The fourth-order valence-electron chi connectivity index (χ4n) is 2.10. The van der Waals surface area contributed by atoms with Crippen molar-refractivity contribution in [1.29, 1.82) is 0 Å². The van der Waals surface area contributed by atoms with Gasteiger partial charge in [-0.15, -0.1) is 0 Å². The predicted octanol–water partition coefficient (Wildman–Crippen LogP) is 2.83. The molecular formula is C13H19N2. The minimum atomic E-state index is 0.826. The van der Waals surface area contributed by atoms with Crippen molar-refractivity contribution in [2.45, 2.75) is 26.2 Å². The van der Waals surface area contributed by atoms with Gasteiger partial charge in [0.05, 0.1) is 0 Å². The molecule has 2 heterocycles. The van der Waals surface area contributed by atoms with Gasteiger partial charge >= 0.3 is 0 Å². The zero-order chi connectivity index (χ0) is 10.7. The highest BCUT2D eigenvalue weighted by Gasteiger charge is 2.18. The van der Waals surface area contributed by atoms with Gasteiger partial charge in [-0.1, -0.05) is 19.4 Å². The van der Waals surface area contributed by atoms with E-state index in [4.69, 9.17) is 0 Å². The molecule has 1 fully saturated rings. The summed E-state index contributed by atoms with van der Waals surface area (Å²) in [6.07, 6.45) is 5.55. The topological polar surface area (TPSA) is 16.1 Å². The summed E-state index contributed by atoms with van der Waals surface area (Å²) in [7, 11) is 0. The van der Waals surface area contributed by atoms with Gasteiger partial charge in [-0.25, -0.2) is 4.98 Å². The highest BCUT2D eigenvalue weighted by atomic mass is 15.2. The molecule has 1 aromatic heterocycles. The van der Waals surface area contributed by atoms with Gasteiger partial charge in [-0.2, -0.15) is 0 Å². The monoisotopic (exact) mass is 203 g/mol. The summed E-state index contributed by atoms with van der Waals surface area (Å²) in [4.78, 5) is 6.84. The Kier molecular flexibility index (Phi) is 3.24. The van der Waals surface area contributed by atoms with E-state index < -0.39 is 0 Å². The van der Waals surface area contributed by atoms with Crippen LogP contribution in [0, 0.1) is 19.8 Å². The Bertz CT molecular complexity index is 297. The van der Waals surface area contributed by atoms with E-state index in [9.17, 15) is 0 Å². The van der Waals surface area contributed by atoms with Crippen molar-refractivity contribution in [3.8, 4) is 0 Å². The number of nitrogens with zero attached hydrogens (tertiary/aromatic N) is 2. The normalized spacial score (nSPS) is 18.1. The first-order valence-corrected chi connectivity index (χ1v) is 5.76. The van der Waals surface area contributed by atoms with E-state index in [1.165, 1.54) is 18.4 Å². The van der Waals surface area contributed by atoms with Gasteiger partial charge in [0.1, 0.15) is 5.82 Å². The lowest BCUT2D eigenvalue weighted by atomic mass is 9.94.